The highest BCUT2D eigenvalue weighted by molar-refractivity contribution is 9.10. The van der Waals surface area contributed by atoms with Crippen molar-refractivity contribution in [2.75, 3.05) is 13.2 Å². The largest absolute Gasteiger partial charge is 0.395 e. The van der Waals surface area contributed by atoms with E-state index in [9.17, 15) is 5.11 Å². The van der Waals surface area contributed by atoms with Crippen LogP contribution in [0.25, 0.3) is 0 Å². The van der Waals surface area contributed by atoms with Crippen molar-refractivity contribution in [1.29, 1.82) is 0 Å². The van der Waals surface area contributed by atoms with E-state index in [4.69, 9.17) is 5.73 Å². The summed E-state index contributed by atoms with van der Waals surface area (Å²) in [6.07, 6.45) is 1.14. The Morgan fingerprint density at radius 2 is 2.39 bits per heavy atom. The molecule has 1 aromatic rings. The molecule has 1 fully saturated rings. The monoisotopic (exact) mass is 332 g/mol. The summed E-state index contributed by atoms with van der Waals surface area (Å²) >= 11 is 5.24. The summed E-state index contributed by atoms with van der Waals surface area (Å²) in [7, 11) is 0. The third-order valence-electron chi connectivity index (χ3n) is 3.85. The van der Waals surface area contributed by atoms with Crippen molar-refractivity contribution in [2.24, 2.45) is 11.7 Å². The van der Waals surface area contributed by atoms with Gasteiger partial charge in [0.05, 0.1) is 12.6 Å². The van der Waals surface area contributed by atoms with E-state index in [0.29, 0.717) is 5.92 Å². The van der Waals surface area contributed by atoms with E-state index >= 15 is 0 Å². The predicted molar refractivity (Wildman–Crippen MR) is 79.8 cm³/mol. The minimum atomic E-state index is 0.0647. The highest BCUT2D eigenvalue weighted by atomic mass is 79.9. The Kier molecular flexibility index (Phi) is 4.83. The zero-order valence-corrected chi connectivity index (χ0v) is 13.2. The van der Waals surface area contributed by atoms with Crippen LogP contribution >= 0.6 is 27.3 Å². The van der Waals surface area contributed by atoms with Gasteiger partial charge < -0.3 is 10.8 Å². The van der Waals surface area contributed by atoms with Crippen LogP contribution in [0.3, 0.4) is 0 Å². The standard InChI is InChI=1S/C13H21BrN2OS/c1-8-3-4-16(11(8)6-17)13(9(2)15)12-5-10(14)7-18-12/h5,7-9,11,13,17H,3-4,6,15H2,1-2H3. The molecule has 2 rings (SSSR count). The lowest BCUT2D eigenvalue weighted by Crippen LogP contribution is -2.44. The average Bonchev–Trinajstić information content (AvgIpc) is 2.86. The van der Waals surface area contributed by atoms with Crippen LogP contribution < -0.4 is 5.73 Å². The number of halogens is 1. The van der Waals surface area contributed by atoms with Gasteiger partial charge >= 0.3 is 0 Å². The van der Waals surface area contributed by atoms with Gasteiger partial charge in [0.1, 0.15) is 0 Å². The minimum absolute atomic E-state index is 0.0647. The van der Waals surface area contributed by atoms with Crippen molar-refractivity contribution in [3.05, 3.63) is 20.8 Å². The molecular weight excluding hydrogens is 312 g/mol. The number of nitrogens with zero attached hydrogens (tertiary/aromatic N) is 1. The van der Waals surface area contributed by atoms with Gasteiger partial charge in [-0.25, -0.2) is 0 Å². The third-order valence-corrected chi connectivity index (χ3v) is 5.61. The van der Waals surface area contributed by atoms with Gasteiger partial charge in [0.2, 0.25) is 0 Å². The van der Waals surface area contributed by atoms with Crippen LogP contribution in [0.15, 0.2) is 15.9 Å². The lowest BCUT2D eigenvalue weighted by atomic mass is 10.0. The van der Waals surface area contributed by atoms with E-state index in [1.54, 1.807) is 11.3 Å². The van der Waals surface area contributed by atoms with E-state index in [1.807, 2.05) is 0 Å². The fraction of sp³-hybridized carbons (Fsp3) is 0.692. The molecule has 0 aromatic carbocycles. The van der Waals surface area contributed by atoms with Gasteiger partial charge in [-0.1, -0.05) is 6.92 Å². The number of likely N-dealkylation sites (tertiary alicyclic amines) is 1. The fourth-order valence-corrected chi connectivity index (χ4v) is 4.56. The quantitative estimate of drug-likeness (QED) is 0.890. The number of hydrogen-bond acceptors (Lipinski definition) is 4. The van der Waals surface area contributed by atoms with Gasteiger partial charge in [-0.05, 0) is 47.8 Å². The molecule has 1 aliphatic heterocycles. The molecule has 1 saturated heterocycles. The third kappa shape index (κ3) is 2.80. The Morgan fingerprint density at radius 3 is 2.89 bits per heavy atom. The number of thiophene rings is 1. The first-order chi connectivity index (χ1) is 8.54. The molecule has 1 aromatic heterocycles. The summed E-state index contributed by atoms with van der Waals surface area (Å²) in [6, 6.07) is 2.66. The van der Waals surface area contributed by atoms with E-state index in [2.05, 4.69) is 46.1 Å². The smallest absolute Gasteiger partial charge is 0.0594 e. The molecule has 4 unspecified atom stereocenters. The molecule has 0 saturated carbocycles. The summed E-state index contributed by atoms with van der Waals surface area (Å²) in [4.78, 5) is 3.66. The number of hydrogen-bond donors (Lipinski definition) is 2. The molecule has 102 valence electrons. The van der Waals surface area contributed by atoms with Gasteiger partial charge in [0, 0.05) is 26.8 Å². The van der Waals surface area contributed by atoms with E-state index in [-0.39, 0.29) is 24.7 Å². The molecular formula is C13H21BrN2OS. The molecule has 1 aliphatic rings. The van der Waals surface area contributed by atoms with Gasteiger partial charge in [-0.3, -0.25) is 4.90 Å². The summed E-state index contributed by atoms with van der Waals surface area (Å²) in [6.45, 7) is 5.50. The molecule has 4 atom stereocenters. The van der Waals surface area contributed by atoms with Crippen molar-refractivity contribution < 1.29 is 5.11 Å². The maximum atomic E-state index is 9.60. The zero-order chi connectivity index (χ0) is 13.3. The highest BCUT2D eigenvalue weighted by Gasteiger charge is 2.37. The van der Waals surface area contributed by atoms with Crippen LogP contribution in [-0.4, -0.2) is 35.2 Å². The SMILES string of the molecule is CC(N)C(c1cc(Br)cs1)N1CCC(C)C1CO. The highest BCUT2D eigenvalue weighted by Crippen LogP contribution is 2.37. The Bertz CT molecular complexity index is 396. The second kappa shape index (κ2) is 6.01. The number of aliphatic hydroxyl groups is 1. The molecule has 3 N–H and O–H groups in total. The maximum absolute atomic E-state index is 9.60. The van der Waals surface area contributed by atoms with E-state index in [0.717, 1.165) is 17.4 Å². The molecule has 0 spiro atoms. The van der Waals surface area contributed by atoms with Gasteiger partial charge in [-0.15, -0.1) is 11.3 Å². The van der Waals surface area contributed by atoms with Crippen LogP contribution in [0.4, 0.5) is 0 Å². The summed E-state index contributed by atoms with van der Waals surface area (Å²) in [5.74, 6) is 0.541. The number of nitrogens with two attached hydrogens (primary N) is 1. The van der Waals surface area contributed by atoms with E-state index < -0.39 is 0 Å². The molecule has 0 bridgehead atoms. The van der Waals surface area contributed by atoms with Crippen LogP contribution in [0.1, 0.15) is 31.2 Å². The summed E-state index contributed by atoms with van der Waals surface area (Å²) in [5, 5.41) is 11.7. The van der Waals surface area contributed by atoms with Crippen molar-refractivity contribution in [3.63, 3.8) is 0 Å². The van der Waals surface area contributed by atoms with Crippen LogP contribution in [-0.2, 0) is 0 Å². The molecule has 3 nitrogen and oxygen atoms in total. The minimum Gasteiger partial charge on any atom is -0.395 e. The normalized spacial score (nSPS) is 28.5. The maximum Gasteiger partial charge on any atom is 0.0594 e. The van der Waals surface area contributed by atoms with Crippen molar-refractivity contribution in [2.45, 2.75) is 38.4 Å². The van der Waals surface area contributed by atoms with E-state index in [1.165, 1.54) is 4.88 Å². The zero-order valence-electron chi connectivity index (χ0n) is 10.8. The summed E-state index contributed by atoms with van der Waals surface area (Å²) < 4.78 is 1.11. The van der Waals surface area contributed by atoms with Gasteiger partial charge in [0.25, 0.3) is 0 Å². The molecule has 0 radical (unpaired) electrons. The molecule has 5 heteroatoms. The van der Waals surface area contributed by atoms with Crippen molar-refractivity contribution >= 4 is 27.3 Å². The fourth-order valence-electron chi connectivity index (χ4n) is 2.88. The topological polar surface area (TPSA) is 49.5 Å². The Labute approximate surface area is 121 Å². The van der Waals surface area contributed by atoms with Gasteiger partial charge in [0.15, 0.2) is 0 Å². The Morgan fingerprint density at radius 1 is 1.67 bits per heavy atom. The first kappa shape index (κ1) is 14.5. The summed E-state index contributed by atoms with van der Waals surface area (Å²) in [5.41, 5.74) is 6.19. The number of rotatable bonds is 4. The Hall–Kier alpha value is 0.0600. The van der Waals surface area contributed by atoms with Crippen LogP contribution in [0.2, 0.25) is 0 Å². The lowest BCUT2D eigenvalue weighted by Gasteiger charge is -2.35. The average molecular weight is 333 g/mol. The van der Waals surface area contributed by atoms with Crippen LogP contribution in [0.5, 0.6) is 0 Å². The molecule has 0 aliphatic carbocycles. The molecule has 0 amide bonds. The first-order valence-corrected chi connectivity index (χ1v) is 8.08. The molecule has 18 heavy (non-hydrogen) atoms. The molecule has 2 heterocycles. The predicted octanol–water partition coefficient (Wildman–Crippen LogP) is 2.60. The second-order valence-corrected chi connectivity index (χ2v) is 7.08. The lowest BCUT2D eigenvalue weighted by molar-refractivity contribution is 0.0942. The number of aliphatic hydroxyl groups excluding tert-OH is 1. The first-order valence-electron chi connectivity index (χ1n) is 6.40. The van der Waals surface area contributed by atoms with Gasteiger partial charge in [-0.2, -0.15) is 0 Å². The Balaban J connectivity index is 2.25. The van der Waals surface area contributed by atoms with Crippen molar-refractivity contribution in [3.8, 4) is 0 Å². The second-order valence-electron chi connectivity index (χ2n) is 5.22. The van der Waals surface area contributed by atoms with Crippen molar-refractivity contribution in [1.82, 2.24) is 4.90 Å². The van der Waals surface area contributed by atoms with Crippen LogP contribution in [0, 0.1) is 5.92 Å².